The van der Waals surface area contributed by atoms with E-state index in [4.69, 9.17) is 5.26 Å². The largest absolute Gasteiger partial charge is 0.294 e. The molecule has 0 saturated heterocycles. The number of hydrogen-bond acceptors (Lipinski definition) is 4. The van der Waals surface area contributed by atoms with Crippen molar-refractivity contribution in [2.24, 2.45) is 0 Å². The van der Waals surface area contributed by atoms with E-state index in [1.165, 1.54) is 0 Å². The van der Waals surface area contributed by atoms with E-state index in [-0.39, 0.29) is 17.1 Å². The lowest BCUT2D eigenvalue weighted by Gasteiger charge is -2.15. The lowest BCUT2D eigenvalue weighted by atomic mass is 9.91. The highest BCUT2D eigenvalue weighted by atomic mass is 32.2. The van der Waals surface area contributed by atoms with E-state index in [1.807, 2.05) is 11.5 Å². The maximum Gasteiger partial charge on any atom is 0.197 e. The van der Waals surface area contributed by atoms with Crippen molar-refractivity contribution < 1.29 is 9.59 Å². The molecule has 90 valence electrons. The molecule has 1 aliphatic rings. The van der Waals surface area contributed by atoms with Gasteiger partial charge >= 0.3 is 0 Å². The Morgan fingerprint density at radius 2 is 1.94 bits per heavy atom. The second-order valence-corrected chi connectivity index (χ2v) is 4.84. The number of nitriles is 1. The van der Waals surface area contributed by atoms with Crippen molar-refractivity contribution in [3.05, 3.63) is 46.4 Å². The van der Waals surface area contributed by atoms with Crippen LogP contribution in [0.3, 0.4) is 0 Å². The Bertz CT molecular complexity index is 555. The van der Waals surface area contributed by atoms with Crippen molar-refractivity contribution in [3.8, 4) is 5.40 Å². The highest BCUT2D eigenvalue weighted by Gasteiger charge is 2.27. The van der Waals surface area contributed by atoms with Crippen molar-refractivity contribution in [2.45, 2.75) is 19.3 Å². The Labute approximate surface area is 109 Å². The van der Waals surface area contributed by atoms with Gasteiger partial charge in [-0.3, -0.25) is 9.59 Å². The fraction of sp³-hybridized carbons (Fsp3) is 0.214. The van der Waals surface area contributed by atoms with Gasteiger partial charge in [-0.15, -0.1) is 0 Å². The molecule has 0 radical (unpaired) electrons. The van der Waals surface area contributed by atoms with E-state index in [9.17, 15) is 9.59 Å². The number of Topliss-reactive ketones (excluding diaryl/α,β-unsaturated/α-hetero) is 2. The van der Waals surface area contributed by atoms with Gasteiger partial charge in [-0.1, -0.05) is 30.3 Å². The molecule has 18 heavy (non-hydrogen) atoms. The summed E-state index contributed by atoms with van der Waals surface area (Å²) in [7, 11) is 0. The van der Waals surface area contributed by atoms with Crippen LogP contribution in [0, 0.1) is 10.7 Å². The summed E-state index contributed by atoms with van der Waals surface area (Å²) in [6, 6.07) is 8.72. The van der Waals surface area contributed by atoms with Gasteiger partial charge in [-0.05, 0) is 24.6 Å². The topological polar surface area (TPSA) is 57.9 Å². The first-order chi connectivity index (χ1) is 8.74. The molecular formula is C14H11NO2S. The highest BCUT2D eigenvalue weighted by Crippen LogP contribution is 2.32. The number of benzene rings is 1. The van der Waals surface area contributed by atoms with Crippen molar-refractivity contribution in [1.82, 2.24) is 0 Å². The van der Waals surface area contributed by atoms with Crippen LogP contribution in [-0.4, -0.2) is 11.6 Å². The second kappa shape index (κ2) is 5.65. The highest BCUT2D eigenvalue weighted by molar-refractivity contribution is 8.07. The van der Waals surface area contributed by atoms with Gasteiger partial charge in [-0.25, -0.2) is 0 Å². The minimum absolute atomic E-state index is 0.146. The van der Waals surface area contributed by atoms with Crippen LogP contribution >= 0.6 is 11.8 Å². The predicted molar refractivity (Wildman–Crippen MR) is 69.9 cm³/mol. The summed E-state index contributed by atoms with van der Waals surface area (Å²) in [5, 5.41) is 10.7. The molecular weight excluding hydrogens is 246 g/mol. The molecule has 1 aromatic carbocycles. The van der Waals surface area contributed by atoms with Gasteiger partial charge in [-0.2, -0.15) is 5.26 Å². The van der Waals surface area contributed by atoms with Gasteiger partial charge in [0.1, 0.15) is 5.40 Å². The smallest absolute Gasteiger partial charge is 0.197 e. The van der Waals surface area contributed by atoms with Crippen molar-refractivity contribution in [1.29, 1.82) is 5.26 Å². The van der Waals surface area contributed by atoms with Crippen LogP contribution < -0.4 is 0 Å². The van der Waals surface area contributed by atoms with Gasteiger partial charge in [0.25, 0.3) is 0 Å². The van der Waals surface area contributed by atoms with Gasteiger partial charge in [0.05, 0.1) is 5.57 Å². The molecule has 1 aromatic rings. The molecule has 0 amide bonds. The summed E-state index contributed by atoms with van der Waals surface area (Å²) in [6.07, 6.45) is 1.75. The normalized spacial score (nSPS) is 15.4. The molecule has 0 fully saturated rings. The molecule has 0 saturated carbocycles. The van der Waals surface area contributed by atoms with Crippen LogP contribution in [-0.2, 0) is 4.79 Å². The number of thiocyanates is 1. The van der Waals surface area contributed by atoms with Crippen LogP contribution in [0.4, 0.5) is 0 Å². The first-order valence-corrected chi connectivity index (χ1v) is 6.47. The lowest BCUT2D eigenvalue weighted by molar-refractivity contribution is -0.115. The molecule has 0 heterocycles. The maximum atomic E-state index is 12.3. The summed E-state index contributed by atoms with van der Waals surface area (Å²) in [6.45, 7) is 0. The van der Waals surface area contributed by atoms with Crippen molar-refractivity contribution in [2.75, 3.05) is 0 Å². The van der Waals surface area contributed by atoms with E-state index < -0.39 is 0 Å². The third-order valence-electron chi connectivity index (χ3n) is 2.80. The average Bonchev–Trinajstić information content (AvgIpc) is 2.40. The van der Waals surface area contributed by atoms with Crippen LogP contribution in [0.5, 0.6) is 0 Å². The van der Waals surface area contributed by atoms with E-state index in [1.54, 1.807) is 24.3 Å². The van der Waals surface area contributed by atoms with Gasteiger partial charge in [0, 0.05) is 16.9 Å². The zero-order valence-corrected chi connectivity index (χ0v) is 10.5. The molecule has 0 atom stereocenters. The fourth-order valence-electron chi connectivity index (χ4n) is 1.96. The summed E-state index contributed by atoms with van der Waals surface area (Å²) < 4.78 is 0. The third-order valence-corrected chi connectivity index (χ3v) is 3.54. The second-order valence-electron chi connectivity index (χ2n) is 3.96. The summed E-state index contributed by atoms with van der Waals surface area (Å²) >= 11 is 0.931. The average molecular weight is 257 g/mol. The predicted octanol–water partition coefficient (Wildman–Crippen LogP) is 3.09. The molecule has 4 heteroatoms. The zero-order valence-electron chi connectivity index (χ0n) is 9.68. The Hall–Kier alpha value is -1.86. The Kier molecular flexibility index (Phi) is 3.96. The number of ketones is 2. The number of rotatable bonds is 3. The number of carbonyl (C=O) groups excluding carboxylic acids is 2. The number of hydrogen-bond donors (Lipinski definition) is 0. The Balaban J connectivity index is 2.42. The zero-order chi connectivity index (χ0) is 13.0. The van der Waals surface area contributed by atoms with Gasteiger partial charge in [0.15, 0.2) is 11.6 Å². The molecule has 0 bridgehead atoms. The molecule has 0 unspecified atom stereocenters. The van der Waals surface area contributed by atoms with Crippen molar-refractivity contribution in [3.63, 3.8) is 0 Å². The van der Waals surface area contributed by atoms with Gasteiger partial charge in [0.2, 0.25) is 0 Å². The Morgan fingerprint density at radius 1 is 1.22 bits per heavy atom. The van der Waals surface area contributed by atoms with Crippen LogP contribution in [0.1, 0.15) is 29.6 Å². The molecule has 0 aliphatic heterocycles. The minimum Gasteiger partial charge on any atom is -0.294 e. The number of allylic oxidation sites excluding steroid dienone is 2. The van der Waals surface area contributed by atoms with E-state index in [0.717, 1.165) is 11.8 Å². The lowest BCUT2D eigenvalue weighted by Crippen LogP contribution is -2.18. The SMILES string of the molecule is N#CSC1=C(C(=O)c2ccccc2)C(=O)CCC1. The first-order valence-electron chi connectivity index (χ1n) is 5.66. The summed E-state index contributed by atoms with van der Waals surface area (Å²) in [5.74, 6) is -0.411. The van der Waals surface area contributed by atoms with Crippen LogP contribution in [0.2, 0.25) is 0 Å². The fourth-order valence-corrected chi connectivity index (χ4v) is 2.62. The van der Waals surface area contributed by atoms with E-state index in [2.05, 4.69) is 0 Å². The molecule has 0 aromatic heterocycles. The van der Waals surface area contributed by atoms with Crippen molar-refractivity contribution >= 4 is 23.3 Å². The quantitative estimate of drug-likeness (QED) is 0.474. The summed E-state index contributed by atoms with van der Waals surface area (Å²) in [5.41, 5.74) is 0.706. The maximum absolute atomic E-state index is 12.3. The van der Waals surface area contributed by atoms with E-state index >= 15 is 0 Å². The number of thioether (sulfide) groups is 1. The molecule has 3 nitrogen and oxygen atoms in total. The molecule has 0 N–H and O–H groups in total. The van der Waals surface area contributed by atoms with E-state index in [0.29, 0.717) is 29.7 Å². The molecule has 2 rings (SSSR count). The molecule has 0 spiro atoms. The summed E-state index contributed by atoms with van der Waals surface area (Å²) in [4.78, 5) is 24.8. The number of nitrogens with zero attached hydrogens (tertiary/aromatic N) is 1. The molecule has 1 aliphatic carbocycles. The minimum atomic E-state index is -0.266. The monoisotopic (exact) mass is 257 g/mol. The Morgan fingerprint density at radius 3 is 2.61 bits per heavy atom. The number of carbonyl (C=O) groups is 2. The first kappa shape index (κ1) is 12.6. The van der Waals surface area contributed by atoms with Crippen LogP contribution in [0.15, 0.2) is 40.8 Å². The standard InChI is InChI=1S/C14H11NO2S/c15-9-18-12-8-4-7-11(16)13(12)14(17)10-5-2-1-3-6-10/h1-3,5-6H,4,7-8H2. The van der Waals surface area contributed by atoms with Crippen LogP contribution in [0.25, 0.3) is 0 Å². The van der Waals surface area contributed by atoms with Gasteiger partial charge < -0.3 is 0 Å². The third kappa shape index (κ3) is 2.52.